The Morgan fingerprint density at radius 2 is 2.00 bits per heavy atom. The summed E-state index contributed by atoms with van der Waals surface area (Å²) in [7, 11) is 1.57. The molecule has 0 unspecified atom stereocenters. The predicted octanol–water partition coefficient (Wildman–Crippen LogP) is 1.81. The second-order valence-corrected chi connectivity index (χ2v) is 3.26. The third-order valence-electron chi connectivity index (χ3n) is 1.93. The molecule has 0 aromatic heterocycles. The van der Waals surface area contributed by atoms with Crippen molar-refractivity contribution in [1.29, 1.82) is 0 Å². The summed E-state index contributed by atoms with van der Waals surface area (Å²) in [4.78, 5) is 13.4. The first kappa shape index (κ1) is 13.2. The van der Waals surface area contributed by atoms with Crippen LogP contribution in [-0.4, -0.2) is 37.9 Å². The van der Waals surface area contributed by atoms with Crippen LogP contribution in [0, 0.1) is 0 Å². The quantitative estimate of drug-likeness (QED) is 0.640. The van der Waals surface area contributed by atoms with E-state index in [9.17, 15) is 4.79 Å². The molecule has 0 radical (unpaired) electrons. The van der Waals surface area contributed by atoms with Gasteiger partial charge in [-0.1, -0.05) is 20.3 Å². The Morgan fingerprint density at radius 3 is 2.50 bits per heavy atom. The van der Waals surface area contributed by atoms with Crippen LogP contribution >= 0.6 is 0 Å². The zero-order chi connectivity index (χ0) is 10.8. The van der Waals surface area contributed by atoms with E-state index in [0.29, 0.717) is 0 Å². The number of hydrogen-bond acceptors (Lipinski definition) is 2. The van der Waals surface area contributed by atoms with Gasteiger partial charge in [-0.3, -0.25) is 0 Å². The zero-order valence-corrected chi connectivity index (χ0v) is 9.51. The van der Waals surface area contributed by atoms with Gasteiger partial charge in [0.1, 0.15) is 6.73 Å². The van der Waals surface area contributed by atoms with E-state index in [1.807, 2.05) is 4.90 Å². The van der Waals surface area contributed by atoms with Crippen molar-refractivity contribution in [3.05, 3.63) is 0 Å². The summed E-state index contributed by atoms with van der Waals surface area (Å²) in [6.07, 6.45) is 3.16. The lowest BCUT2D eigenvalue weighted by Gasteiger charge is -2.21. The van der Waals surface area contributed by atoms with Gasteiger partial charge in [-0.25, -0.2) is 4.79 Å². The van der Waals surface area contributed by atoms with E-state index < -0.39 is 0 Å². The van der Waals surface area contributed by atoms with Gasteiger partial charge < -0.3 is 15.0 Å². The zero-order valence-electron chi connectivity index (χ0n) is 9.51. The van der Waals surface area contributed by atoms with Crippen LogP contribution in [0.1, 0.15) is 33.1 Å². The number of unbranched alkanes of at least 4 members (excludes halogenated alkanes) is 1. The lowest BCUT2D eigenvalue weighted by Crippen LogP contribution is -2.41. The molecule has 0 aromatic carbocycles. The Hall–Kier alpha value is -0.770. The SMILES string of the molecule is CCCCN(CCC)C(=O)NCOC. The number of hydrogen-bond donors (Lipinski definition) is 1. The van der Waals surface area contributed by atoms with Crippen LogP contribution in [0.15, 0.2) is 0 Å². The molecule has 0 rings (SSSR count). The average molecular weight is 202 g/mol. The van der Waals surface area contributed by atoms with Gasteiger partial charge in [-0.2, -0.15) is 0 Å². The highest BCUT2D eigenvalue weighted by molar-refractivity contribution is 5.73. The van der Waals surface area contributed by atoms with Crippen molar-refractivity contribution in [3.63, 3.8) is 0 Å². The maximum Gasteiger partial charge on any atom is 0.319 e. The Kier molecular flexibility index (Phi) is 8.33. The second kappa shape index (κ2) is 8.81. The van der Waals surface area contributed by atoms with Gasteiger partial charge in [-0.15, -0.1) is 0 Å². The second-order valence-electron chi connectivity index (χ2n) is 3.26. The Labute approximate surface area is 86.6 Å². The van der Waals surface area contributed by atoms with E-state index in [0.717, 1.165) is 32.4 Å². The molecule has 0 atom stereocenters. The van der Waals surface area contributed by atoms with Crippen LogP contribution < -0.4 is 5.32 Å². The molecule has 2 amide bonds. The molecule has 4 nitrogen and oxygen atoms in total. The number of methoxy groups -OCH3 is 1. The minimum Gasteiger partial charge on any atom is -0.364 e. The molecule has 1 N–H and O–H groups in total. The summed E-state index contributed by atoms with van der Waals surface area (Å²) in [6.45, 7) is 6.13. The molecule has 0 fully saturated rings. The number of amides is 2. The topological polar surface area (TPSA) is 41.6 Å². The molecule has 14 heavy (non-hydrogen) atoms. The molecule has 0 spiro atoms. The molecule has 0 saturated heterocycles. The first-order valence-corrected chi connectivity index (χ1v) is 5.27. The van der Waals surface area contributed by atoms with Crippen LogP contribution in [0.2, 0.25) is 0 Å². The van der Waals surface area contributed by atoms with Gasteiger partial charge in [0.15, 0.2) is 0 Å². The molecule has 0 heterocycles. The van der Waals surface area contributed by atoms with E-state index in [1.165, 1.54) is 0 Å². The van der Waals surface area contributed by atoms with E-state index >= 15 is 0 Å². The molecule has 4 heteroatoms. The standard InChI is InChI=1S/C10H22N2O2/c1-4-6-8-12(7-5-2)10(13)11-9-14-3/h4-9H2,1-3H3,(H,11,13). The molecule has 0 bridgehead atoms. The first-order valence-electron chi connectivity index (χ1n) is 5.27. The third-order valence-corrected chi connectivity index (χ3v) is 1.93. The van der Waals surface area contributed by atoms with Crippen LogP contribution in [0.25, 0.3) is 0 Å². The summed E-state index contributed by atoms with van der Waals surface area (Å²) in [6, 6.07) is -0.0258. The Bertz CT molecular complexity index is 151. The van der Waals surface area contributed by atoms with E-state index in [1.54, 1.807) is 7.11 Å². The number of rotatable bonds is 7. The van der Waals surface area contributed by atoms with Gasteiger partial charge in [0, 0.05) is 20.2 Å². The molecule has 84 valence electrons. The van der Waals surface area contributed by atoms with Gasteiger partial charge >= 0.3 is 6.03 Å². The van der Waals surface area contributed by atoms with Crippen molar-refractivity contribution < 1.29 is 9.53 Å². The maximum absolute atomic E-state index is 11.5. The number of carbonyl (C=O) groups excluding carboxylic acids is 1. The number of ether oxygens (including phenoxy) is 1. The molecular formula is C10H22N2O2. The summed E-state index contributed by atoms with van der Waals surface area (Å²) in [5.41, 5.74) is 0. The van der Waals surface area contributed by atoms with Crippen molar-refractivity contribution in [2.45, 2.75) is 33.1 Å². The molecular weight excluding hydrogens is 180 g/mol. The predicted molar refractivity (Wildman–Crippen MR) is 57.2 cm³/mol. The molecule has 0 aliphatic heterocycles. The number of nitrogens with zero attached hydrogens (tertiary/aromatic N) is 1. The van der Waals surface area contributed by atoms with E-state index in [2.05, 4.69) is 19.2 Å². The lowest BCUT2D eigenvalue weighted by atomic mass is 10.3. The normalized spacial score (nSPS) is 9.93. The lowest BCUT2D eigenvalue weighted by molar-refractivity contribution is 0.153. The van der Waals surface area contributed by atoms with E-state index in [4.69, 9.17) is 4.74 Å². The summed E-state index contributed by atoms with van der Waals surface area (Å²) in [5, 5.41) is 2.69. The molecule has 0 aliphatic rings. The summed E-state index contributed by atoms with van der Waals surface area (Å²) >= 11 is 0. The largest absolute Gasteiger partial charge is 0.364 e. The Morgan fingerprint density at radius 1 is 1.29 bits per heavy atom. The summed E-state index contributed by atoms with van der Waals surface area (Å²) < 4.78 is 4.79. The summed E-state index contributed by atoms with van der Waals surface area (Å²) in [5.74, 6) is 0. The van der Waals surface area contributed by atoms with Crippen molar-refractivity contribution in [2.24, 2.45) is 0 Å². The average Bonchev–Trinajstić information content (AvgIpc) is 2.20. The minimum atomic E-state index is -0.0258. The van der Waals surface area contributed by atoms with Crippen molar-refractivity contribution in [3.8, 4) is 0 Å². The number of carbonyl (C=O) groups is 1. The minimum absolute atomic E-state index is 0.0258. The third kappa shape index (κ3) is 5.80. The van der Waals surface area contributed by atoms with Crippen LogP contribution in [0.4, 0.5) is 4.79 Å². The van der Waals surface area contributed by atoms with Crippen molar-refractivity contribution in [1.82, 2.24) is 10.2 Å². The first-order chi connectivity index (χ1) is 6.76. The highest BCUT2D eigenvalue weighted by atomic mass is 16.5. The van der Waals surface area contributed by atoms with Crippen LogP contribution in [0.5, 0.6) is 0 Å². The van der Waals surface area contributed by atoms with Gasteiger partial charge in [0.25, 0.3) is 0 Å². The van der Waals surface area contributed by atoms with Gasteiger partial charge in [0.05, 0.1) is 0 Å². The van der Waals surface area contributed by atoms with E-state index in [-0.39, 0.29) is 12.8 Å². The van der Waals surface area contributed by atoms with Crippen molar-refractivity contribution in [2.75, 3.05) is 26.9 Å². The van der Waals surface area contributed by atoms with Gasteiger partial charge in [-0.05, 0) is 12.8 Å². The fraction of sp³-hybridized carbons (Fsp3) is 0.900. The highest BCUT2D eigenvalue weighted by Crippen LogP contribution is 1.97. The smallest absolute Gasteiger partial charge is 0.319 e. The molecule has 0 aliphatic carbocycles. The maximum atomic E-state index is 11.5. The fourth-order valence-electron chi connectivity index (χ4n) is 1.18. The number of nitrogens with one attached hydrogen (secondary N) is 1. The van der Waals surface area contributed by atoms with Crippen LogP contribution in [0.3, 0.4) is 0 Å². The highest BCUT2D eigenvalue weighted by Gasteiger charge is 2.10. The van der Waals surface area contributed by atoms with Gasteiger partial charge in [0.2, 0.25) is 0 Å². The molecule has 0 aromatic rings. The Balaban J connectivity index is 3.84. The van der Waals surface area contributed by atoms with Crippen molar-refractivity contribution >= 4 is 6.03 Å². The fourth-order valence-corrected chi connectivity index (χ4v) is 1.18. The number of urea groups is 1. The van der Waals surface area contributed by atoms with Crippen LogP contribution in [-0.2, 0) is 4.74 Å². The molecule has 0 saturated carbocycles. The monoisotopic (exact) mass is 202 g/mol.